The van der Waals surface area contributed by atoms with Gasteiger partial charge in [-0.05, 0) is 12.8 Å². The lowest BCUT2D eigenvalue weighted by molar-refractivity contribution is -0.145. The zero-order valence-corrected chi connectivity index (χ0v) is 22.4. The number of carboxylic acid groups (broad SMARTS) is 1. The minimum atomic E-state index is -1.63. The third-order valence-electron chi connectivity index (χ3n) is 4.96. The highest BCUT2D eigenvalue weighted by Crippen LogP contribution is 2.00. The van der Waals surface area contributed by atoms with Crippen LogP contribution in [0.5, 0.6) is 0 Å². The Labute approximate surface area is 224 Å². The van der Waals surface area contributed by atoms with E-state index in [0.717, 1.165) is 6.92 Å². The average Bonchev–Trinajstić information content (AvgIpc) is 2.84. The first-order valence-electron chi connectivity index (χ1n) is 11.2. The Morgan fingerprint density at radius 1 is 0.784 bits per heavy atom. The molecule has 0 aliphatic carbocycles. The van der Waals surface area contributed by atoms with Crippen LogP contribution in [0.3, 0.4) is 0 Å². The molecule has 0 radical (unpaired) electrons. The highest BCUT2D eigenvalue weighted by Gasteiger charge is 2.31. The molecule has 5 amide bonds. The standard InChI is InChI=1S/C20H36N6O9S2/c1-8(2)14(21)19(33)22-4-13(29)23-10(5-27)16(30)24-11(6-36)17(31)25-12(7-37)18(32)26-15(9(3)28)20(34)35/h8-12,14-15,27-28,36-37H,4-7,21H2,1-3H3,(H,22,33)(H,23,29)(H,24,30)(H,25,31)(H,26,32)(H,34,35)/t9?,10-,11-,12-,14-,15-/m0/s1. The monoisotopic (exact) mass is 568 g/mol. The molecular weight excluding hydrogens is 532 g/mol. The van der Waals surface area contributed by atoms with Gasteiger partial charge in [0.05, 0.1) is 25.3 Å². The van der Waals surface area contributed by atoms with Crippen molar-refractivity contribution in [1.29, 1.82) is 0 Å². The molecule has 10 N–H and O–H groups in total. The van der Waals surface area contributed by atoms with Crippen molar-refractivity contribution in [2.24, 2.45) is 11.7 Å². The van der Waals surface area contributed by atoms with Gasteiger partial charge < -0.3 is 47.6 Å². The van der Waals surface area contributed by atoms with Crippen molar-refractivity contribution in [3.05, 3.63) is 0 Å². The predicted molar refractivity (Wildman–Crippen MR) is 138 cm³/mol. The molecule has 0 aliphatic heterocycles. The Hall–Kier alpha value is -2.60. The molecule has 0 aromatic rings. The molecule has 0 rings (SSSR count). The van der Waals surface area contributed by atoms with Gasteiger partial charge in [-0.1, -0.05) is 13.8 Å². The zero-order chi connectivity index (χ0) is 28.9. The summed E-state index contributed by atoms with van der Waals surface area (Å²) in [7, 11) is 0. The van der Waals surface area contributed by atoms with Crippen LogP contribution in [0.4, 0.5) is 0 Å². The Kier molecular flexibility index (Phi) is 15.8. The summed E-state index contributed by atoms with van der Waals surface area (Å²) in [4.78, 5) is 72.6. The average molecular weight is 569 g/mol. The van der Waals surface area contributed by atoms with Crippen molar-refractivity contribution in [3.63, 3.8) is 0 Å². The van der Waals surface area contributed by atoms with Crippen LogP contribution < -0.4 is 32.3 Å². The lowest BCUT2D eigenvalue weighted by Crippen LogP contribution is -2.60. The topological polar surface area (TPSA) is 249 Å². The van der Waals surface area contributed by atoms with Gasteiger partial charge in [0, 0.05) is 11.5 Å². The van der Waals surface area contributed by atoms with Crippen LogP contribution in [0.15, 0.2) is 0 Å². The largest absolute Gasteiger partial charge is 0.480 e. The SMILES string of the molecule is CC(C)[C@H](N)C(=O)NCC(=O)N[C@@H](CO)C(=O)N[C@@H](CS)C(=O)N[C@@H](CS)C(=O)N[C@H](C(=O)O)C(C)O. The zero-order valence-electron chi connectivity index (χ0n) is 20.6. The number of aliphatic hydroxyl groups excluding tert-OH is 2. The number of aliphatic hydroxyl groups is 2. The number of thiol groups is 2. The first-order valence-corrected chi connectivity index (χ1v) is 12.4. The number of carbonyl (C=O) groups is 6. The van der Waals surface area contributed by atoms with E-state index in [0.29, 0.717) is 0 Å². The first kappa shape index (κ1) is 34.4. The van der Waals surface area contributed by atoms with Gasteiger partial charge in [0.1, 0.15) is 18.1 Å². The first-order chi connectivity index (χ1) is 17.2. The number of amides is 5. The molecule has 0 aromatic carbocycles. The molecule has 0 saturated carbocycles. The minimum Gasteiger partial charge on any atom is -0.480 e. The Balaban J connectivity index is 5.08. The van der Waals surface area contributed by atoms with E-state index >= 15 is 0 Å². The van der Waals surface area contributed by atoms with Crippen LogP contribution in [-0.4, -0.2) is 112 Å². The summed E-state index contributed by atoms with van der Waals surface area (Å²) in [5, 5.41) is 39.2. The van der Waals surface area contributed by atoms with Gasteiger partial charge in [-0.3, -0.25) is 24.0 Å². The minimum absolute atomic E-state index is 0.173. The molecule has 0 heterocycles. The van der Waals surface area contributed by atoms with Gasteiger partial charge in [0.15, 0.2) is 6.04 Å². The molecule has 37 heavy (non-hydrogen) atoms. The van der Waals surface area contributed by atoms with Gasteiger partial charge in [0.25, 0.3) is 0 Å². The number of carboxylic acids is 1. The van der Waals surface area contributed by atoms with Crippen LogP contribution in [-0.2, 0) is 28.8 Å². The summed E-state index contributed by atoms with van der Waals surface area (Å²) >= 11 is 7.94. The lowest BCUT2D eigenvalue weighted by atomic mass is 10.1. The summed E-state index contributed by atoms with van der Waals surface area (Å²) in [5.41, 5.74) is 5.67. The van der Waals surface area contributed by atoms with Crippen LogP contribution in [0, 0.1) is 5.92 Å². The molecule has 0 bridgehead atoms. The van der Waals surface area contributed by atoms with Gasteiger partial charge >= 0.3 is 5.97 Å². The van der Waals surface area contributed by atoms with Crippen LogP contribution in [0.1, 0.15) is 20.8 Å². The Morgan fingerprint density at radius 2 is 1.24 bits per heavy atom. The second-order valence-corrected chi connectivity index (χ2v) is 9.07. The molecule has 0 saturated heterocycles. The summed E-state index contributed by atoms with van der Waals surface area (Å²) < 4.78 is 0. The number of rotatable bonds is 16. The van der Waals surface area contributed by atoms with Crippen molar-refractivity contribution in [2.75, 3.05) is 24.7 Å². The normalized spacial score (nSPS) is 15.8. The van der Waals surface area contributed by atoms with Crippen LogP contribution >= 0.6 is 25.3 Å². The molecule has 0 aliphatic rings. The second-order valence-electron chi connectivity index (χ2n) is 8.34. The highest BCUT2D eigenvalue weighted by molar-refractivity contribution is 7.80. The van der Waals surface area contributed by atoms with E-state index in [1.807, 2.05) is 0 Å². The van der Waals surface area contributed by atoms with Crippen LogP contribution in [0.2, 0.25) is 0 Å². The van der Waals surface area contributed by atoms with E-state index in [-0.39, 0.29) is 17.4 Å². The van der Waals surface area contributed by atoms with E-state index in [2.05, 4.69) is 51.8 Å². The van der Waals surface area contributed by atoms with E-state index in [4.69, 9.17) is 10.8 Å². The van der Waals surface area contributed by atoms with E-state index in [1.165, 1.54) is 0 Å². The molecule has 0 fully saturated rings. The van der Waals surface area contributed by atoms with Crippen molar-refractivity contribution in [1.82, 2.24) is 26.6 Å². The number of carbonyl (C=O) groups excluding carboxylic acids is 5. The van der Waals surface area contributed by atoms with Gasteiger partial charge in [0.2, 0.25) is 29.5 Å². The highest BCUT2D eigenvalue weighted by atomic mass is 32.1. The lowest BCUT2D eigenvalue weighted by Gasteiger charge is -2.25. The fourth-order valence-corrected chi connectivity index (χ4v) is 3.12. The fraction of sp³-hybridized carbons (Fsp3) is 0.700. The van der Waals surface area contributed by atoms with Gasteiger partial charge in [-0.2, -0.15) is 25.3 Å². The van der Waals surface area contributed by atoms with Gasteiger partial charge in [-0.25, -0.2) is 4.79 Å². The molecule has 0 aromatic heterocycles. The number of hydrogen-bond donors (Lipinski definition) is 11. The Morgan fingerprint density at radius 3 is 1.62 bits per heavy atom. The Bertz CT molecular complexity index is 830. The summed E-state index contributed by atoms with van der Waals surface area (Å²) in [6.07, 6.45) is -1.42. The molecule has 212 valence electrons. The van der Waals surface area contributed by atoms with E-state index < -0.39 is 85.0 Å². The quantitative estimate of drug-likeness (QED) is 0.0794. The maximum atomic E-state index is 12.6. The fourth-order valence-electron chi connectivity index (χ4n) is 2.60. The molecule has 15 nitrogen and oxygen atoms in total. The van der Waals surface area contributed by atoms with Crippen molar-refractivity contribution >= 4 is 60.8 Å². The van der Waals surface area contributed by atoms with Gasteiger partial charge in [-0.15, -0.1) is 0 Å². The summed E-state index contributed by atoms with van der Waals surface area (Å²) in [6.45, 7) is 3.25. The molecule has 1 unspecified atom stereocenters. The van der Waals surface area contributed by atoms with Crippen molar-refractivity contribution in [3.8, 4) is 0 Å². The van der Waals surface area contributed by atoms with Crippen molar-refractivity contribution in [2.45, 2.75) is 57.1 Å². The maximum Gasteiger partial charge on any atom is 0.328 e. The van der Waals surface area contributed by atoms with Crippen molar-refractivity contribution < 1.29 is 44.1 Å². The van der Waals surface area contributed by atoms with E-state index in [9.17, 15) is 39.0 Å². The smallest absolute Gasteiger partial charge is 0.328 e. The molecule has 17 heteroatoms. The number of aliphatic carboxylic acids is 1. The third kappa shape index (κ3) is 12.0. The number of nitrogens with one attached hydrogen (secondary N) is 5. The van der Waals surface area contributed by atoms with E-state index in [1.54, 1.807) is 13.8 Å². The molecule has 0 spiro atoms. The number of nitrogens with two attached hydrogens (primary N) is 1. The predicted octanol–water partition coefficient (Wildman–Crippen LogP) is -4.66. The summed E-state index contributed by atoms with van der Waals surface area (Å²) in [5.74, 6) is -6.34. The number of hydrogen-bond acceptors (Lipinski definition) is 11. The second kappa shape index (κ2) is 17.0. The third-order valence-corrected chi connectivity index (χ3v) is 5.69. The molecule has 6 atom stereocenters. The molecular formula is C20H36N6O9S2. The summed E-state index contributed by atoms with van der Waals surface area (Å²) in [6, 6.07) is -6.61. The maximum absolute atomic E-state index is 12.6. The van der Waals surface area contributed by atoms with Crippen LogP contribution in [0.25, 0.3) is 0 Å².